The largest absolute Gasteiger partial charge is 0.358 e. The maximum Gasteiger partial charge on any atom is 0.240 e. The zero-order valence-corrected chi connectivity index (χ0v) is 23.6. The topological polar surface area (TPSA) is 88.0 Å². The summed E-state index contributed by atoms with van der Waals surface area (Å²) in [6.07, 6.45) is 2.81. The number of fused-ring (bicyclic) bond motifs is 1. The van der Waals surface area contributed by atoms with Gasteiger partial charge in [-0.05, 0) is 69.2 Å². The summed E-state index contributed by atoms with van der Waals surface area (Å²) in [6.45, 7) is 5.36. The van der Waals surface area contributed by atoms with Crippen LogP contribution in [0.5, 0.6) is 0 Å². The number of nitrogens with zero attached hydrogens (tertiary/aromatic N) is 5. The van der Waals surface area contributed by atoms with Crippen molar-refractivity contribution < 1.29 is 4.79 Å². The average Bonchev–Trinajstić information content (AvgIpc) is 3.28. The summed E-state index contributed by atoms with van der Waals surface area (Å²) in [6, 6.07) is 13.0. The first-order valence-corrected chi connectivity index (χ1v) is 13.6. The van der Waals surface area contributed by atoms with Gasteiger partial charge in [-0.3, -0.25) is 9.36 Å². The van der Waals surface area contributed by atoms with Gasteiger partial charge in [0.25, 0.3) is 0 Å². The molecule has 0 aliphatic carbocycles. The van der Waals surface area contributed by atoms with E-state index in [0.29, 0.717) is 69.4 Å². The zero-order chi connectivity index (χ0) is 27.0. The van der Waals surface area contributed by atoms with Crippen LogP contribution in [0, 0.1) is 0 Å². The first-order chi connectivity index (χ1) is 18.2. The molecule has 5 rings (SSSR count). The van der Waals surface area contributed by atoms with E-state index in [4.69, 9.17) is 39.8 Å². The molecule has 1 fully saturated rings. The van der Waals surface area contributed by atoms with Gasteiger partial charge in [0.1, 0.15) is 17.7 Å². The number of piperidine rings is 1. The quantitative estimate of drug-likeness (QED) is 0.316. The molecular formula is C27H28Cl3N7O. The summed E-state index contributed by atoms with van der Waals surface area (Å²) in [5.74, 6) is 1.33. The lowest BCUT2D eigenvalue weighted by atomic mass is 9.85. The molecule has 1 saturated heterocycles. The Morgan fingerprint density at radius 3 is 2.32 bits per heavy atom. The number of rotatable bonds is 6. The predicted molar refractivity (Wildman–Crippen MR) is 154 cm³/mol. The van der Waals surface area contributed by atoms with Crippen LogP contribution in [0.4, 0.5) is 5.82 Å². The van der Waals surface area contributed by atoms with Crippen LogP contribution >= 0.6 is 34.8 Å². The molecule has 0 radical (unpaired) electrons. The standard InChI is InChI=1S/C27H28Cl3N7O/c1-16(2)35-27(26(38)31-3)10-12-36(13-11-27)24-22-25(33-15-32-24)37(19-7-4-17(28)5-8-19)23(34-22)20-9-6-18(29)14-21(20)30/h4-9,14-16,35H,10-13H2,1-3H3,(H,31,38). The molecular weight excluding hydrogens is 545 g/mol. The van der Waals surface area contributed by atoms with Gasteiger partial charge >= 0.3 is 0 Å². The summed E-state index contributed by atoms with van der Waals surface area (Å²) < 4.78 is 1.95. The van der Waals surface area contributed by atoms with Gasteiger partial charge in [-0.25, -0.2) is 15.0 Å². The summed E-state index contributed by atoms with van der Waals surface area (Å²) in [5.41, 5.74) is 2.21. The average molecular weight is 573 g/mol. The van der Waals surface area contributed by atoms with Gasteiger partial charge in [-0.1, -0.05) is 34.8 Å². The van der Waals surface area contributed by atoms with Crippen molar-refractivity contribution >= 4 is 57.7 Å². The van der Waals surface area contributed by atoms with Crippen molar-refractivity contribution in [1.29, 1.82) is 0 Å². The summed E-state index contributed by atoms with van der Waals surface area (Å²) in [5, 5.41) is 7.98. The van der Waals surface area contributed by atoms with Crippen molar-refractivity contribution in [2.75, 3.05) is 25.0 Å². The van der Waals surface area contributed by atoms with E-state index < -0.39 is 5.54 Å². The highest BCUT2D eigenvalue weighted by atomic mass is 35.5. The fourth-order valence-electron chi connectivity index (χ4n) is 5.13. The first kappa shape index (κ1) is 26.7. The molecule has 0 atom stereocenters. The molecule has 11 heteroatoms. The first-order valence-electron chi connectivity index (χ1n) is 12.4. The molecule has 0 bridgehead atoms. The Hall–Kier alpha value is -2.91. The summed E-state index contributed by atoms with van der Waals surface area (Å²) in [4.78, 5) is 29.3. The van der Waals surface area contributed by atoms with E-state index in [1.165, 1.54) is 0 Å². The molecule has 1 aliphatic rings. The fraction of sp³-hybridized carbons (Fsp3) is 0.333. The van der Waals surface area contributed by atoms with Crippen LogP contribution in [0.3, 0.4) is 0 Å². The van der Waals surface area contributed by atoms with E-state index in [-0.39, 0.29) is 11.9 Å². The Bertz CT molecular complexity index is 1480. The number of carbonyl (C=O) groups is 1. The molecule has 38 heavy (non-hydrogen) atoms. The lowest BCUT2D eigenvalue weighted by Crippen LogP contribution is -2.63. The van der Waals surface area contributed by atoms with Gasteiger partial charge in [0.15, 0.2) is 17.0 Å². The van der Waals surface area contributed by atoms with E-state index in [2.05, 4.69) is 39.3 Å². The SMILES string of the molecule is CNC(=O)C1(NC(C)C)CCN(c2ncnc3c2nc(-c2ccc(Cl)cc2Cl)n3-c2ccc(Cl)cc2)CC1. The van der Waals surface area contributed by atoms with Crippen molar-refractivity contribution in [2.45, 2.75) is 38.3 Å². The molecule has 4 aromatic rings. The van der Waals surface area contributed by atoms with E-state index in [1.54, 1.807) is 25.5 Å². The molecule has 198 valence electrons. The van der Waals surface area contributed by atoms with E-state index in [1.807, 2.05) is 34.9 Å². The van der Waals surface area contributed by atoms with Gasteiger partial charge in [-0.15, -0.1) is 0 Å². The minimum absolute atomic E-state index is 0.00497. The molecule has 2 aromatic heterocycles. The van der Waals surface area contributed by atoms with Gasteiger partial charge in [0.05, 0.1) is 5.02 Å². The normalized spacial score (nSPS) is 15.3. The number of nitrogens with one attached hydrogen (secondary N) is 2. The van der Waals surface area contributed by atoms with Gasteiger partial charge in [0, 0.05) is 47.5 Å². The number of halogens is 3. The van der Waals surface area contributed by atoms with Crippen LogP contribution < -0.4 is 15.5 Å². The third-order valence-corrected chi connectivity index (χ3v) is 7.62. The highest BCUT2D eigenvalue weighted by Crippen LogP contribution is 2.37. The van der Waals surface area contributed by atoms with Crippen LogP contribution in [-0.4, -0.2) is 57.1 Å². The van der Waals surface area contributed by atoms with Crippen LogP contribution in [0.1, 0.15) is 26.7 Å². The molecule has 2 aromatic carbocycles. The third kappa shape index (κ3) is 4.94. The number of carbonyl (C=O) groups excluding carboxylic acids is 1. The molecule has 0 spiro atoms. The number of amides is 1. The molecule has 3 heterocycles. The molecule has 0 unspecified atom stereocenters. The monoisotopic (exact) mass is 571 g/mol. The predicted octanol–water partition coefficient (Wildman–Crippen LogP) is 5.53. The second-order valence-corrected chi connectivity index (χ2v) is 11.0. The summed E-state index contributed by atoms with van der Waals surface area (Å²) in [7, 11) is 1.68. The number of hydrogen-bond acceptors (Lipinski definition) is 6. The van der Waals surface area contributed by atoms with E-state index >= 15 is 0 Å². The summed E-state index contributed by atoms with van der Waals surface area (Å²) >= 11 is 19.0. The van der Waals surface area contributed by atoms with E-state index in [9.17, 15) is 4.79 Å². The number of imidazole rings is 1. The lowest BCUT2D eigenvalue weighted by molar-refractivity contribution is -0.128. The molecule has 2 N–H and O–H groups in total. The van der Waals surface area contributed by atoms with E-state index in [0.717, 1.165) is 5.69 Å². The van der Waals surface area contributed by atoms with Gasteiger partial charge in [-0.2, -0.15) is 0 Å². The van der Waals surface area contributed by atoms with Crippen molar-refractivity contribution in [3.63, 3.8) is 0 Å². The van der Waals surface area contributed by atoms with Crippen molar-refractivity contribution in [1.82, 2.24) is 30.2 Å². The molecule has 0 saturated carbocycles. The number of likely N-dealkylation sites (N-methyl/N-ethyl adjacent to an activating group) is 1. The molecule has 8 nitrogen and oxygen atoms in total. The Kier molecular flexibility index (Phi) is 7.51. The third-order valence-electron chi connectivity index (χ3n) is 6.83. The van der Waals surface area contributed by atoms with Gasteiger partial charge in [0.2, 0.25) is 5.91 Å². The molecule has 1 amide bonds. The maximum atomic E-state index is 12.9. The van der Waals surface area contributed by atoms with Gasteiger partial charge < -0.3 is 15.5 Å². The van der Waals surface area contributed by atoms with Crippen LogP contribution in [0.15, 0.2) is 48.8 Å². The number of anilines is 1. The van der Waals surface area contributed by atoms with Crippen LogP contribution in [0.25, 0.3) is 28.2 Å². The fourth-order valence-corrected chi connectivity index (χ4v) is 5.75. The lowest BCUT2D eigenvalue weighted by Gasteiger charge is -2.42. The number of benzene rings is 2. The van der Waals surface area contributed by atoms with Crippen molar-refractivity contribution in [2.24, 2.45) is 0 Å². The highest BCUT2D eigenvalue weighted by Gasteiger charge is 2.41. The second-order valence-electron chi connectivity index (χ2n) is 9.69. The number of aromatic nitrogens is 4. The van der Waals surface area contributed by atoms with Crippen LogP contribution in [-0.2, 0) is 4.79 Å². The van der Waals surface area contributed by atoms with Crippen molar-refractivity contribution in [3.8, 4) is 17.1 Å². The highest BCUT2D eigenvalue weighted by molar-refractivity contribution is 6.36. The Morgan fingerprint density at radius 1 is 1.00 bits per heavy atom. The minimum Gasteiger partial charge on any atom is -0.358 e. The van der Waals surface area contributed by atoms with Crippen molar-refractivity contribution in [3.05, 3.63) is 63.9 Å². The van der Waals surface area contributed by atoms with Crippen LogP contribution in [0.2, 0.25) is 15.1 Å². The number of hydrogen-bond donors (Lipinski definition) is 2. The Balaban J connectivity index is 1.61. The smallest absolute Gasteiger partial charge is 0.240 e. The molecule has 1 aliphatic heterocycles. The minimum atomic E-state index is -0.629. The Labute approximate surface area is 236 Å². The maximum absolute atomic E-state index is 12.9. The zero-order valence-electron chi connectivity index (χ0n) is 21.3. The second kappa shape index (κ2) is 10.7. The Morgan fingerprint density at radius 2 is 1.68 bits per heavy atom.